The predicted octanol–water partition coefficient (Wildman–Crippen LogP) is 1.73. The first kappa shape index (κ1) is 4.42. The summed E-state index contributed by atoms with van der Waals surface area (Å²) in [5, 5.41) is 0. The third-order valence-corrected chi connectivity index (χ3v) is 0.450. The molecule has 0 saturated heterocycles. The third kappa shape index (κ3) is 2.42. The summed E-state index contributed by atoms with van der Waals surface area (Å²) in [7, 11) is 6.97. The second-order valence-corrected chi connectivity index (χ2v) is 0.671. The zero-order valence-electron chi connectivity index (χ0n) is 1.89. The van der Waals surface area contributed by atoms with Crippen LogP contribution in [0, 0.1) is 11.3 Å². The van der Waals surface area contributed by atoms with E-state index in [0.29, 0.717) is 0 Å². The first-order valence-electron chi connectivity index (χ1n) is 0.697. The Bertz CT molecular complexity index is 59.0. The van der Waals surface area contributed by atoms with Gasteiger partial charge in [0.05, 0.1) is 0 Å². The molecule has 0 N–H and O–H groups in total. The summed E-state index contributed by atoms with van der Waals surface area (Å²) < 4.78 is 0. The molecule has 0 atom stereocenters. The average molecular weight is 86.0 g/mol. The van der Waals surface area contributed by atoms with Crippen LogP contribution in [-0.4, -0.2) is 0 Å². The molecule has 0 amide bonds. The van der Waals surface area contributed by atoms with Crippen LogP contribution in [0.4, 0.5) is 0 Å². The molecule has 0 spiro atoms. The van der Waals surface area contributed by atoms with Crippen LogP contribution in [0.1, 0.15) is 0 Å². The van der Waals surface area contributed by atoms with Gasteiger partial charge in [0.15, 0.2) is 0 Å². The normalized spacial score (nSPS) is 2.50. The van der Waals surface area contributed by atoms with Crippen molar-refractivity contribution < 1.29 is 0 Å². The molecule has 0 aromatic carbocycles. The van der Waals surface area contributed by atoms with Gasteiger partial charge in [0, 0.05) is 0 Å². The van der Waals surface area contributed by atoms with Crippen molar-refractivity contribution in [2.75, 3.05) is 0 Å². The van der Waals surface area contributed by atoms with Gasteiger partial charge in [-0.2, -0.15) is 0 Å². The zero-order chi connectivity index (χ0) is 3.41. The summed E-state index contributed by atoms with van der Waals surface area (Å²) in [6.07, 6.45) is 0. The Hall–Kier alpha value is 0.420. The number of hydrogen-bond acceptors (Lipinski definition) is 0. The van der Waals surface area contributed by atoms with E-state index in [1.807, 2.05) is 0 Å². The van der Waals surface area contributed by atoms with Gasteiger partial charge in [-0.1, -0.05) is 0 Å². The van der Waals surface area contributed by atoms with Crippen LogP contribution >= 0.6 is 17.4 Å². The van der Waals surface area contributed by atoms with E-state index >= 15 is 0 Å². The fourth-order valence-electron chi connectivity index (χ4n) is 0. The molecule has 0 aromatic heterocycles. The van der Waals surface area contributed by atoms with Gasteiger partial charge in [-0.05, 0) is 0 Å². The Morgan fingerprint density at radius 2 is 1.25 bits per heavy atom. The standard InChI is InChI=1S/C2P2/c3-1-2-4. The van der Waals surface area contributed by atoms with E-state index < -0.39 is 0 Å². The minimum atomic E-state index is 2.24. The maximum absolute atomic E-state index is 3.48. The molecule has 0 nitrogen and oxygen atoms in total. The molecular weight excluding hydrogens is 86.0 g/mol. The fourth-order valence-corrected chi connectivity index (χ4v) is 0. The summed E-state index contributed by atoms with van der Waals surface area (Å²) in [5.74, 6) is 0. The summed E-state index contributed by atoms with van der Waals surface area (Å²) >= 11 is 0. The van der Waals surface area contributed by atoms with Crippen molar-refractivity contribution in [1.82, 2.24) is 0 Å². The van der Waals surface area contributed by atoms with E-state index in [1.54, 1.807) is 0 Å². The van der Waals surface area contributed by atoms with Crippen LogP contribution in [0.5, 0.6) is 0 Å². The van der Waals surface area contributed by atoms with Crippen LogP contribution in [0.2, 0.25) is 0 Å². The van der Waals surface area contributed by atoms with Gasteiger partial charge in [-0.15, -0.1) is 0 Å². The quantitative estimate of drug-likeness (QED) is 0.394. The molecule has 0 fully saturated rings. The Balaban J connectivity index is 3.14. The molecule has 0 bridgehead atoms. The van der Waals surface area contributed by atoms with Gasteiger partial charge in [0.1, 0.15) is 0 Å². The summed E-state index contributed by atoms with van der Waals surface area (Å²) in [6, 6.07) is 0. The van der Waals surface area contributed by atoms with Gasteiger partial charge in [0.2, 0.25) is 0 Å². The Morgan fingerprint density at radius 1 is 1.00 bits per heavy atom. The Labute approximate surface area is 29.6 Å². The number of hydrogen-bond donors (Lipinski definition) is 0. The Kier molecular flexibility index (Phi) is 3.78. The van der Waals surface area contributed by atoms with E-state index in [4.69, 9.17) is 0 Å². The van der Waals surface area contributed by atoms with E-state index in [-0.39, 0.29) is 0 Å². The van der Waals surface area contributed by atoms with Crippen LogP contribution in [-0.2, 0) is 0 Å². The van der Waals surface area contributed by atoms with E-state index in [2.05, 4.69) is 28.6 Å². The van der Waals surface area contributed by atoms with Gasteiger partial charge in [-0.3, -0.25) is 0 Å². The van der Waals surface area contributed by atoms with Crippen molar-refractivity contribution in [1.29, 1.82) is 0 Å². The van der Waals surface area contributed by atoms with Gasteiger partial charge < -0.3 is 0 Å². The average Bonchev–Trinajstić information content (AvgIpc) is 1.37. The summed E-state index contributed by atoms with van der Waals surface area (Å²) in [5.41, 5.74) is 4.48. The van der Waals surface area contributed by atoms with E-state index in [1.165, 1.54) is 0 Å². The molecule has 18 valence electrons. The molecule has 0 aromatic rings. The molecule has 0 aliphatic carbocycles. The molecule has 0 radical (unpaired) electrons. The summed E-state index contributed by atoms with van der Waals surface area (Å²) in [6.45, 7) is 0. The molecule has 2 heteroatoms. The Morgan fingerprint density at radius 3 is 1.25 bits per heavy atom. The molecule has 0 aliphatic heterocycles. The maximum atomic E-state index is 3.48. The zero-order valence-corrected chi connectivity index (χ0v) is 3.68. The molecule has 4 heavy (non-hydrogen) atoms. The molecule has 0 rings (SSSR count). The van der Waals surface area contributed by atoms with Gasteiger partial charge in [0.25, 0.3) is 0 Å². The van der Waals surface area contributed by atoms with Gasteiger partial charge >= 0.3 is 28.6 Å². The van der Waals surface area contributed by atoms with Crippen molar-refractivity contribution in [3.63, 3.8) is 0 Å². The van der Waals surface area contributed by atoms with Crippen molar-refractivity contribution in [2.24, 2.45) is 0 Å². The fraction of sp³-hybridized carbons (Fsp3) is 0. The number of rotatable bonds is 0. The van der Waals surface area contributed by atoms with Gasteiger partial charge in [-0.25, -0.2) is 0 Å². The van der Waals surface area contributed by atoms with Crippen LogP contribution in [0.3, 0.4) is 0 Å². The third-order valence-electron chi connectivity index (χ3n) is 0.0500. The molecular formula is C2P2. The van der Waals surface area contributed by atoms with E-state index in [9.17, 15) is 0 Å². The van der Waals surface area contributed by atoms with Crippen LogP contribution in [0.15, 0.2) is 0 Å². The van der Waals surface area contributed by atoms with Crippen LogP contribution < -0.4 is 0 Å². The molecule has 0 aliphatic rings. The SMILES string of the molecule is P#CC#P. The first-order valence-corrected chi connectivity index (χ1v) is 1.59. The second kappa shape index (κ2) is 3.42. The molecule has 0 unspecified atom stereocenters. The van der Waals surface area contributed by atoms with Crippen molar-refractivity contribution in [3.8, 4) is 11.3 Å². The summed E-state index contributed by atoms with van der Waals surface area (Å²) in [4.78, 5) is 0. The minimum absolute atomic E-state index is 2.24. The van der Waals surface area contributed by atoms with Crippen molar-refractivity contribution >= 4 is 17.4 Å². The topological polar surface area (TPSA) is 0 Å². The predicted molar refractivity (Wildman–Crippen MR) is 21.6 cm³/mol. The molecule has 0 heterocycles. The van der Waals surface area contributed by atoms with Crippen molar-refractivity contribution in [3.05, 3.63) is 0 Å². The monoisotopic (exact) mass is 85.9 g/mol. The first-order chi connectivity index (χ1) is 1.91. The second-order valence-electron chi connectivity index (χ2n) is 0.224. The van der Waals surface area contributed by atoms with Crippen LogP contribution in [0.25, 0.3) is 0 Å². The van der Waals surface area contributed by atoms with E-state index in [0.717, 1.165) is 0 Å². The van der Waals surface area contributed by atoms with Crippen molar-refractivity contribution in [2.45, 2.75) is 0 Å². The molecule has 0 saturated carbocycles.